The number of fused-ring (bicyclic) bond motifs is 4. The Bertz CT molecular complexity index is 2570. The normalized spacial score (nSPS) is 13.5. The molecule has 0 unspecified atom stereocenters. The number of aromatic nitrogens is 2. The minimum Gasteiger partial charge on any atom is -0.354 e. The summed E-state index contributed by atoms with van der Waals surface area (Å²) < 4.78 is 137. The molecule has 16 nitrogen and oxygen atoms in total. The molecule has 0 atom stereocenters. The zero-order valence-electron chi connectivity index (χ0n) is 19.0. The number of aromatic amines is 2. The average molecular weight is 633 g/mol. The van der Waals surface area contributed by atoms with Gasteiger partial charge in [-0.25, -0.2) is 0 Å². The maximum Gasteiger partial charge on any atom is 0.298 e. The Hall–Kier alpha value is -3.76. The number of benzene rings is 3. The van der Waals surface area contributed by atoms with Crippen LogP contribution in [0.25, 0.3) is 43.6 Å². The average Bonchev–Trinajstić information content (AvgIpc) is 2.80. The smallest absolute Gasteiger partial charge is 0.298 e. The highest BCUT2D eigenvalue weighted by Gasteiger charge is 2.42. The van der Waals surface area contributed by atoms with E-state index in [4.69, 9.17) is 0 Å². The Morgan fingerprint density at radius 2 is 0.950 bits per heavy atom. The van der Waals surface area contributed by atoms with Crippen molar-refractivity contribution >= 4 is 84.1 Å². The molecule has 40 heavy (non-hydrogen) atoms. The van der Waals surface area contributed by atoms with Gasteiger partial charge in [-0.15, -0.1) is 0 Å². The van der Waals surface area contributed by atoms with Gasteiger partial charge in [-0.1, -0.05) is 12.1 Å². The van der Waals surface area contributed by atoms with Gasteiger partial charge >= 0.3 is 0 Å². The topological polar surface area (TPSA) is 283 Å². The lowest BCUT2D eigenvalue weighted by Crippen LogP contribution is -2.22. The van der Waals surface area contributed by atoms with Crippen LogP contribution in [0.3, 0.4) is 0 Å². The minimum atomic E-state index is -6.19. The van der Waals surface area contributed by atoms with E-state index in [0.717, 1.165) is 12.1 Å². The van der Waals surface area contributed by atoms with E-state index >= 15 is 0 Å². The van der Waals surface area contributed by atoms with Crippen molar-refractivity contribution in [3.8, 4) is 0 Å². The number of H-pyrrole nitrogens is 2. The van der Waals surface area contributed by atoms with Crippen LogP contribution in [0.5, 0.6) is 0 Å². The zero-order valence-corrected chi connectivity index (χ0v) is 22.2. The van der Waals surface area contributed by atoms with E-state index in [-0.39, 0.29) is 16.3 Å². The van der Waals surface area contributed by atoms with Crippen molar-refractivity contribution in [2.45, 2.75) is 19.6 Å². The Kier molecular flexibility index (Phi) is 5.82. The summed E-state index contributed by atoms with van der Waals surface area (Å²) in [7, 11) is -24.4. The number of para-hydroxylation sites is 1. The van der Waals surface area contributed by atoms with Gasteiger partial charge in [-0.2, -0.15) is 33.7 Å². The van der Waals surface area contributed by atoms with E-state index in [1.807, 2.05) is 0 Å². The standard InChI is InChI=1S/C20H12N2O14S4/c23-15-7-3-1-2-4-10(7)21-11-6-9-12(5-8(11)15)22-14-13(16(9)24)17(37(25,26)27)19(39(31,32)33)20(40(34,35)36)18(14)38(28,29)30/h1-6H,(H,21,23)(H,22,24)(H,25,26,27)(H,28,29,30)(H,31,32,33)(H,34,35,36). The Morgan fingerprint density at radius 1 is 0.500 bits per heavy atom. The van der Waals surface area contributed by atoms with Crippen LogP contribution in [0.15, 0.2) is 65.6 Å². The molecule has 20 heteroatoms. The fourth-order valence-electron chi connectivity index (χ4n) is 4.49. The summed E-state index contributed by atoms with van der Waals surface area (Å²) in [5, 5.41) is -1.98. The van der Waals surface area contributed by atoms with E-state index in [2.05, 4.69) is 9.97 Å². The maximum absolute atomic E-state index is 13.6. The molecule has 2 aromatic heterocycles. The molecule has 210 valence electrons. The highest BCUT2D eigenvalue weighted by atomic mass is 32.2. The molecule has 5 rings (SSSR count). The van der Waals surface area contributed by atoms with Gasteiger partial charge in [-0.05, 0) is 24.3 Å². The van der Waals surface area contributed by atoms with Crippen molar-refractivity contribution in [3.05, 3.63) is 56.8 Å². The van der Waals surface area contributed by atoms with Gasteiger partial charge in [0, 0.05) is 21.7 Å². The number of rotatable bonds is 4. The third-order valence-corrected chi connectivity index (χ3v) is 10.0. The Balaban J connectivity index is 2.24. The molecule has 6 N–H and O–H groups in total. The van der Waals surface area contributed by atoms with Crippen LogP contribution in [0.4, 0.5) is 0 Å². The maximum atomic E-state index is 13.6. The van der Waals surface area contributed by atoms with Gasteiger partial charge in [0.05, 0.1) is 21.9 Å². The molecule has 0 aliphatic heterocycles. The molecule has 0 aliphatic rings. The first-order valence-electron chi connectivity index (χ1n) is 10.3. The third kappa shape index (κ3) is 4.17. The quantitative estimate of drug-likeness (QED) is 0.117. The predicted octanol–water partition coefficient (Wildman–Crippen LogP) is 0.663. The number of hydrogen-bond acceptors (Lipinski definition) is 10. The van der Waals surface area contributed by atoms with Crippen molar-refractivity contribution in [1.29, 1.82) is 0 Å². The van der Waals surface area contributed by atoms with Crippen molar-refractivity contribution in [1.82, 2.24) is 9.97 Å². The van der Waals surface area contributed by atoms with Gasteiger partial charge < -0.3 is 9.97 Å². The third-order valence-electron chi connectivity index (χ3n) is 5.93. The van der Waals surface area contributed by atoms with Crippen LogP contribution in [0, 0.1) is 0 Å². The fraction of sp³-hybridized carbons (Fsp3) is 0. The molecular formula is C20H12N2O14S4. The molecule has 0 amide bonds. The highest BCUT2D eigenvalue weighted by Crippen LogP contribution is 2.40. The first-order chi connectivity index (χ1) is 18.2. The minimum absolute atomic E-state index is 0.00554. The van der Waals surface area contributed by atoms with E-state index in [0.29, 0.717) is 5.52 Å². The van der Waals surface area contributed by atoms with Crippen LogP contribution in [0.1, 0.15) is 0 Å². The van der Waals surface area contributed by atoms with Crippen LogP contribution in [-0.2, 0) is 40.5 Å². The summed E-state index contributed by atoms with van der Waals surface area (Å²) in [4.78, 5) is 22.8. The first-order valence-corrected chi connectivity index (χ1v) is 16.0. The number of nitrogens with one attached hydrogen (secondary N) is 2. The Labute approximate surface area is 221 Å². The van der Waals surface area contributed by atoms with Gasteiger partial charge in [0.25, 0.3) is 40.5 Å². The van der Waals surface area contributed by atoms with Crippen LogP contribution < -0.4 is 10.9 Å². The van der Waals surface area contributed by atoms with Crippen molar-refractivity contribution in [3.63, 3.8) is 0 Å². The molecule has 3 aromatic carbocycles. The summed E-state index contributed by atoms with van der Waals surface area (Å²) in [6, 6.07) is 8.13. The van der Waals surface area contributed by atoms with E-state index < -0.39 is 92.7 Å². The lowest BCUT2D eigenvalue weighted by molar-refractivity contribution is 0.449. The predicted molar refractivity (Wildman–Crippen MR) is 137 cm³/mol. The molecule has 0 fully saturated rings. The molecule has 0 radical (unpaired) electrons. The largest absolute Gasteiger partial charge is 0.354 e. The zero-order chi connectivity index (χ0) is 29.7. The second kappa shape index (κ2) is 8.37. The van der Waals surface area contributed by atoms with Crippen molar-refractivity contribution in [2.24, 2.45) is 0 Å². The van der Waals surface area contributed by atoms with Crippen LogP contribution in [-0.4, -0.2) is 61.9 Å². The summed E-state index contributed by atoms with van der Waals surface area (Å²) >= 11 is 0. The summed E-state index contributed by atoms with van der Waals surface area (Å²) in [6.45, 7) is 0. The van der Waals surface area contributed by atoms with Gasteiger partial charge in [0.1, 0.15) is 19.6 Å². The van der Waals surface area contributed by atoms with Crippen molar-refractivity contribution in [2.75, 3.05) is 0 Å². The van der Waals surface area contributed by atoms with Crippen LogP contribution in [0.2, 0.25) is 0 Å². The van der Waals surface area contributed by atoms with E-state index in [9.17, 15) is 61.5 Å². The molecule has 0 saturated heterocycles. The molecule has 0 spiro atoms. The molecule has 0 bridgehead atoms. The lowest BCUT2D eigenvalue weighted by Gasteiger charge is -2.17. The van der Waals surface area contributed by atoms with Gasteiger partial charge in [0.2, 0.25) is 0 Å². The fourth-order valence-corrected chi connectivity index (χ4v) is 9.40. The van der Waals surface area contributed by atoms with Crippen LogP contribution >= 0.6 is 0 Å². The molecule has 5 aromatic rings. The summed E-state index contributed by atoms with van der Waals surface area (Å²) in [5.74, 6) is 0. The van der Waals surface area contributed by atoms with E-state index in [1.54, 1.807) is 12.1 Å². The number of pyridine rings is 2. The van der Waals surface area contributed by atoms with E-state index in [1.165, 1.54) is 12.1 Å². The second-order valence-electron chi connectivity index (χ2n) is 8.36. The second-order valence-corrected chi connectivity index (χ2v) is 13.8. The number of hydrogen-bond donors (Lipinski definition) is 6. The Morgan fingerprint density at radius 3 is 1.48 bits per heavy atom. The molecular weight excluding hydrogens is 620 g/mol. The first kappa shape index (κ1) is 27.8. The summed E-state index contributed by atoms with van der Waals surface area (Å²) in [5.41, 5.74) is -3.67. The molecule has 0 saturated carbocycles. The summed E-state index contributed by atoms with van der Waals surface area (Å²) in [6.07, 6.45) is 0. The van der Waals surface area contributed by atoms with Gasteiger partial charge in [-0.3, -0.25) is 27.8 Å². The lowest BCUT2D eigenvalue weighted by atomic mass is 10.1. The molecule has 0 aliphatic carbocycles. The molecule has 2 heterocycles. The SMILES string of the molecule is O=c1c2ccccc2[nH]c2cc3c(=O)c4c(S(=O)(=O)O)c(S(=O)(=O)O)c(S(=O)(=O)O)c(S(=O)(=O)O)c4[nH]c3cc12. The van der Waals surface area contributed by atoms with Gasteiger partial charge in [0.15, 0.2) is 10.9 Å². The monoisotopic (exact) mass is 632 g/mol. The highest BCUT2D eigenvalue weighted by molar-refractivity contribution is 7.91. The van der Waals surface area contributed by atoms with Crippen molar-refractivity contribution < 1.29 is 51.9 Å².